The second-order valence-corrected chi connectivity index (χ2v) is 4.99. The van der Waals surface area contributed by atoms with E-state index in [1.165, 1.54) is 22.9 Å². The largest absolute Gasteiger partial charge is 0.481 e. The molecule has 1 aromatic heterocycles. The third-order valence-electron chi connectivity index (χ3n) is 3.23. The average Bonchev–Trinajstić information content (AvgIpc) is 2.60. The maximum atomic E-state index is 13.3. The number of hydrogen-bond donors (Lipinski definition) is 1. The molecule has 0 saturated heterocycles. The van der Waals surface area contributed by atoms with Crippen molar-refractivity contribution in [2.45, 2.75) is 19.3 Å². The Labute approximate surface area is 120 Å². The standard InChI is InChI=1S/C14H14ClFN2O2/c1-8-11(13(15)18(2)17-8)7-12(14(19)20)9-4-3-5-10(16)6-9/h3-6,12H,7H2,1-2H3,(H,19,20). The molecule has 0 amide bonds. The molecule has 6 heteroatoms. The third-order valence-corrected chi connectivity index (χ3v) is 3.70. The molecule has 2 rings (SSSR count). The second-order valence-electron chi connectivity index (χ2n) is 4.63. The van der Waals surface area contributed by atoms with Crippen LogP contribution in [0.4, 0.5) is 4.39 Å². The molecule has 1 aromatic carbocycles. The lowest BCUT2D eigenvalue weighted by Gasteiger charge is -2.13. The minimum atomic E-state index is -1.02. The quantitative estimate of drug-likeness (QED) is 0.944. The topological polar surface area (TPSA) is 55.1 Å². The van der Waals surface area contributed by atoms with Crippen LogP contribution >= 0.6 is 11.6 Å². The molecular formula is C14H14ClFN2O2. The number of carbonyl (C=O) groups is 1. The molecule has 0 aliphatic carbocycles. The number of aromatic nitrogens is 2. The van der Waals surface area contributed by atoms with Crippen molar-refractivity contribution in [3.63, 3.8) is 0 Å². The number of nitrogens with zero attached hydrogens (tertiary/aromatic N) is 2. The number of benzene rings is 1. The van der Waals surface area contributed by atoms with Gasteiger partial charge in [0.2, 0.25) is 0 Å². The fraction of sp³-hybridized carbons (Fsp3) is 0.286. The van der Waals surface area contributed by atoms with E-state index < -0.39 is 17.7 Å². The maximum Gasteiger partial charge on any atom is 0.311 e. The minimum Gasteiger partial charge on any atom is -0.481 e. The molecule has 0 bridgehead atoms. The predicted octanol–water partition coefficient (Wildman–Crippen LogP) is 2.93. The lowest BCUT2D eigenvalue weighted by atomic mass is 9.92. The summed E-state index contributed by atoms with van der Waals surface area (Å²) in [6.07, 6.45) is 0.178. The van der Waals surface area contributed by atoms with E-state index in [-0.39, 0.29) is 6.42 Å². The van der Waals surface area contributed by atoms with E-state index in [2.05, 4.69) is 5.10 Å². The number of rotatable bonds is 4. The van der Waals surface area contributed by atoms with Crippen LogP contribution in [0.25, 0.3) is 0 Å². The first-order valence-corrected chi connectivity index (χ1v) is 6.44. The van der Waals surface area contributed by atoms with Gasteiger partial charge in [-0.25, -0.2) is 4.39 Å². The Hall–Kier alpha value is -1.88. The number of carboxylic acids is 1. The van der Waals surface area contributed by atoms with Gasteiger partial charge in [0.1, 0.15) is 11.0 Å². The summed E-state index contributed by atoms with van der Waals surface area (Å²) >= 11 is 6.12. The van der Waals surface area contributed by atoms with E-state index in [0.717, 1.165) is 0 Å². The molecule has 0 aliphatic rings. The van der Waals surface area contributed by atoms with Crippen molar-refractivity contribution in [3.8, 4) is 0 Å². The third kappa shape index (κ3) is 2.82. The Morgan fingerprint density at radius 1 is 1.55 bits per heavy atom. The van der Waals surface area contributed by atoms with Crippen LogP contribution in [0.2, 0.25) is 5.15 Å². The highest BCUT2D eigenvalue weighted by molar-refractivity contribution is 6.30. The van der Waals surface area contributed by atoms with Crippen molar-refractivity contribution >= 4 is 17.6 Å². The second kappa shape index (κ2) is 5.63. The van der Waals surface area contributed by atoms with E-state index in [4.69, 9.17) is 11.6 Å². The summed E-state index contributed by atoms with van der Waals surface area (Å²) in [5.74, 6) is -2.33. The van der Waals surface area contributed by atoms with Crippen LogP contribution in [0.3, 0.4) is 0 Å². The van der Waals surface area contributed by atoms with Gasteiger partial charge >= 0.3 is 5.97 Å². The zero-order chi connectivity index (χ0) is 14.9. The lowest BCUT2D eigenvalue weighted by Crippen LogP contribution is -2.15. The highest BCUT2D eigenvalue weighted by Gasteiger charge is 2.24. The number of aliphatic carboxylic acids is 1. The van der Waals surface area contributed by atoms with Crippen molar-refractivity contribution in [1.82, 2.24) is 9.78 Å². The van der Waals surface area contributed by atoms with Gasteiger partial charge in [-0.05, 0) is 31.0 Å². The normalized spacial score (nSPS) is 12.4. The smallest absolute Gasteiger partial charge is 0.311 e. The first kappa shape index (κ1) is 14.5. The van der Waals surface area contributed by atoms with Crippen molar-refractivity contribution < 1.29 is 14.3 Å². The average molecular weight is 297 g/mol. The molecule has 1 N–H and O–H groups in total. The van der Waals surface area contributed by atoms with E-state index in [1.54, 1.807) is 20.0 Å². The lowest BCUT2D eigenvalue weighted by molar-refractivity contribution is -0.138. The molecule has 20 heavy (non-hydrogen) atoms. The molecule has 0 spiro atoms. The Bertz CT molecular complexity index is 655. The molecule has 1 unspecified atom stereocenters. The van der Waals surface area contributed by atoms with Gasteiger partial charge < -0.3 is 5.11 Å². The fourth-order valence-electron chi connectivity index (χ4n) is 2.18. The van der Waals surface area contributed by atoms with Crippen LogP contribution in [0.15, 0.2) is 24.3 Å². The molecule has 1 heterocycles. The predicted molar refractivity (Wildman–Crippen MR) is 73.4 cm³/mol. The molecular weight excluding hydrogens is 283 g/mol. The molecule has 4 nitrogen and oxygen atoms in total. The summed E-state index contributed by atoms with van der Waals surface area (Å²) in [6, 6.07) is 5.61. The van der Waals surface area contributed by atoms with Gasteiger partial charge in [0, 0.05) is 12.6 Å². The van der Waals surface area contributed by atoms with Gasteiger partial charge in [-0.1, -0.05) is 23.7 Å². The van der Waals surface area contributed by atoms with E-state index in [1.807, 2.05) is 0 Å². The van der Waals surface area contributed by atoms with Crippen LogP contribution in [-0.4, -0.2) is 20.9 Å². The summed E-state index contributed by atoms with van der Waals surface area (Å²) in [4.78, 5) is 11.5. The molecule has 0 aliphatic heterocycles. The van der Waals surface area contributed by atoms with Crippen molar-refractivity contribution in [2.75, 3.05) is 0 Å². The van der Waals surface area contributed by atoms with Crippen LogP contribution < -0.4 is 0 Å². The Morgan fingerprint density at radius 3 is 2.75 bits per heavy atom. The molecule has 0 saturated carbocycles. The monoisotopic (exact) mass is 296 g/mol. The van der Waals surface area contributed by atoms with Crippen LogP contribution in [0.1, 0.15) is 22.7 Å². The van der Waals surface area contributed by atoms with Gasteiger partial charge in [-0.3, -0.25) is 9.48 Å². The minimum absolute atomic E-state index is 0.178. The molecule has 106 valence electrons. The summed E-state index contributed by atoms with van der Waals surface area (Å²) < 4.78 is 14.8. The van der Waals surface area contributed by atoms with Crippen LogP contribution in [0.5, 0.6) is 0 Å². The number of halogens is 2. The van der Waals surface area contributed by atoms with Crippen molar-refractivity contribution in [1.29, 1.82) is 0 Å². The zero-order valence-corrected chi connectivity index (χ0v) is 11.9. The first-order valence-electron chi connectivity index (χ1n) is 6.06. The fourth-order valence-corrected chi connectivity index (χ4v) is 2.43. The Morgan fingerprint density at radius 2 is 2.25 bits per heavy atom. The van der Waals surface area contributed by atoms with Gasteiger partial charge in [-0.2, -0.15) is 5.10 Å². The van der Waals surface area contributed by atoms with Crippen molar-refractivity contribution in [3.05, 3.63) is 52.1 Å². The molecule has 0 fully saturated rings. The van der Waals surface area contributed by atoms with E-state index in [9.17, 15) is 14.3 Å². The van der Waals surface area contributed by atoms with Gasteiger partial charge in [0.15, 0.2) is 0 Å². The Balaban J connectivity index is 2.38. The maximum absolute atomic E-state index is 13.3. The van der Waals surface area contributed by atoms with E-state index in [0.29, 0.717) is 22.0 Å². The Kier molecular flexibility index (Phi) is 4.09. The highest BCUT2D eigenvalue weighted by Crippen LogP contribution is 2.27. The van der Waals surface area contributed by atoms with E-state index >= 15 is 0 Å². The van der Waals surface area contributed by atoms with Gasteiger partial charge in [0.05, 0.1) is 11.6 Å². The number of aryl methyl sites for hydroxylation is 2. The molecule has 1 atom stereocenters. The molecule has 0 radical (unpaired) electrons. The summed E-state index contributed by atoms with van der Waals surface area (Å²) in [5.41, 5.74) is 1.77. The zero-order valence-electron chi connectivity index (χ0n) is 11.1. The number of hydrogen-bond acceptors (Lipinski definition) is 2. The highest BCUT2D eigenvalue weighted by atomic mass is 35.5. The van der Waals surface area contributed by atoms with Crippen molar-refractivity contribution in [2.24, 2.45) is 7.05 Å². The first-order chi connectivity index (χ1) is 9.40. The summed E-state index contributed by atoms with van der Waals surface area (Å²) in [6.45, 7) is 1.77. The summed E-state index contributed by atoms with van der Waals surface area (Å²) in [7, 11) is 1.69. The van der Waals surface area contributed by atoms with Crippen LogP contribution in [-0.2, 0) is 18.3 Å². The number of carboxylic acid groups (broad SMARTS) is 1. The molecule has 2 aromatic rings. The van der Waals surface area contributed by atoms with Crippen LogP contribution in [0, 0.1) is 12.7 Å². The van der Waals surface area contributed by atoms with Gasteiger partial charge in [-0.15, -0.1) is 0 Å². The van der Waals surface area contributed by atoms with Gasteiger partial charge in [0.25, 0.3) is 0 Å². The summed E-state index contributed by atoms with van der Waals surface area (Å²) in [5, 5.41) is 13.9. The SMILES string of the molecule is Cc1nn(C)c(Cl)c1CC(C(=O)O)c1cccc(F)c1.